The Morgan fingerprint density at radius 2 is 2.14 bits per heavy atom. The third-order valence-electron chi connectivity index (χ3n) is 3.98. The minimum atomic E-state index is -3.68. The maximum absolute atomic E-state index is 12.4. The quantitative estimate of drug-likeness (QED) is 0.842. The lowest BCUT2D eigenvalue weighted by Gasteiger charge is -2.30. The van der Waals surface area contributed by atoms with Crippen LogP contribution in [-0.4, -0.2) is 51.9 Å². The molecule has 2 atom stereocenters. The van der Waals surface area contributed by atoms with Gasteiger partial charge in [-0.05, 0) is 32.4 Å². The fraction of sp³-hybridized carbons (Fsp3) is 0.643. The lowest BCUT2D eigenvalue weighted by atomic mass is 9.95. The second-order valence-corrected chi connectivity index (χ2v) is 7.96. The highest BCUT2D eigenvalue weighted by Crippen LogP contribution is 2.22. The fourth-order valence-electron chi connectivity index (χ4n) is 2.46. The van der Waals surface area contributed by atoms with Gasteiger partial charge in [0.2, 0.25) is 5.09 Å². The predicted octanol–water partition coefficient (Wildman–Crippen LogP) is 0.566. The van der Waals surface area contributed by atoms with Gasteiger partial charge in [0.25, 0.3) is 15.9 Å². The first kappa shape index (κ1) is 17.0. The molecule has 2 N–H and O–H groups in total. The van der Waals surface area contributed by atoms with Crippen molar-refractivity contribution >= 4 is 15.9 Å². The van der Waals surface area contributed by atoms with E-state index in [4.69, 9.17) is 4.42 Å². The molecule has 2 unspecified atom stereocenters. The number of carbonyl (C=O) groups is 1. The topological polar surface area (TPSA) is 91.7 Å². The molecule has 22 heavy (non-hydrogen) atoms. The minimum absolute atomic E-state index is 0.0805. The number of aryl methyl sites for hydroxylation is 1. The van der Waals surface area contributed by atoms with E-state index in [9.17, 15) is 13.2 Å². The average Bonchev–Trinajstić information content (AvgIpc) is 2.84. The van der Waals surface area contributed by atoms with Crippen LogP contribution in [0.5, 0.6) is 0 Å². The second-order valence-electron chi connectivity index (χ2n) is 5.87. The zero-order valence-electron chi connectivity index (χ0n) is 13.3. The van der Waals surface area contributed by atoms with Crippen molar-refractivity contribution in [3.8, 4) is 0 Å². The Morgan fingerprint density at radius 3 is 2.73 bits per heavy atom. The highest BCUT2D eigenvalue weighted by atomic mass is 32.2. The molecule has 0 bridgehead atoms. The number of rotatable bonds is 4. The van der Waals surface area contributed by atoms with Crippen molar-refractivity contribution in [2.75, 3.05) is 27.2 Å². The van der Waals surface area contributed by atoms with E-state index in [0.29, 0.717) is 11.7 Å². The first-order valence-corrected chi connectivity index (χ1v) is 8.72. The summed E-state index contributed by atoms with van der Waals surface area (Å²) in [6.45, 7) is 5.38. The van der Waals surface area contributed by atoms with Crippen LogP contribution >= 0.6 is 0 Å². The Balaban J connectivity index is 2.19. The second kappa shape index (κ2) is 6.39. The maximum Gasteiger partial charge on any atom is 0.275 e. The van der Waals surface area contributed by atoms with Gasteiger partial charge in [-0.15, -0.1) is 0 Å². The number of hydrogen-bond acceptors (Lipinski definition) is 5. The van der Waals surface area contributed by atoms with E-state index in [1.54, 1.807) is 6.92 Å². The number of nitrogens with zero attached hydrogens (tertiary/aromatic N) is 1. The minimum Gasteiger partial charge on any atom is -0.448 e. The molecular weight excluding hydrogens is 306 g/mol. The number of carbonyl (C=O) groups excluding carboxylic acids is 1. The number of nitrogens with one attached hydrogen (secondary N) is 2. The third-order valence-corrected chi connectivity index (χ3v) is 5.65. The lowest BCUT2D eigenvalue weighted by Crippen LogP contribution is -2.48. The Hall–Kier alpha value is -1.38. The Morgan fingerprint density at radius 1 is 1.45 bits per heavy atom. The molecular formula is C14H23N3O4S. The molecule has 1 aliphatic rings. The smallest absolute Gasteiger partial charge is 0.275 e. The van der Waals surface area contributed by atoms with Crippen molar-refractivity contribution < 1.29 is 17.6 Å². The van der Waals surface area contributed by atoms with Crippen LogP contribution < -0.4 is 10.6 Å². The van der Waals surface area contributed by atoms with Gasteiger partial charge in [-0.2, -0.15) is 0 Å². The van der Waals surface area contributed by atoms with Crippen molar-refractivity contribution in [1.29, 1.82) is 0 Å². The summed E-state index contributed by atoms with van der Waals surface area (Å²) in [6, 6.07) is 1.38. The molecule has 1 aromatic rings. The van der Waals surface area contributed by atoms with Crippen molar-refractivity contribution in [1.82, 2.24) is 14.9 Å². The zero-order valence-corrected chi connectivity index (χ0v) is 14.2. The van der Waals surface area contributed by atoms with E-state index in [2.05, 4.69) is 17.6 Å². The van der Waals surface area contributed by atoms with E-state index < -0.39 is 10.0 Å². The number of sulfonamides is 1. The number of furan rings is 1. The van der Waals surface area contributed by atoms with E-state index in [-0.39, 0.29) is 22.6 Å². The first-order valence-electron chi connectivity index (χ1n) is 7.28. The molecule has 0 aliphatic carbocycles. The summed E-state index contributed by atoms with van der Waals surface area (Å²) >= 11 is 0. The van der Waals surface area contributed by atoms with Crippen LogP contribution in [0.25, 0.3) is 0 Å². The molecule has 1 fully saturated rings. The SMILES string of the molecule is Cc1oc(S(=O)(=O)N(C)C)cc1C(=O)NC1CCNCC1C. The summed E-state index contributed by atoms with van der Waals surface area (Å²) in [4.78, 5) is 12.4. The molecule has 1 saturated heterocycles. The van der Waals surface area contributed by atoms with E-state index >= 15 is 0 Å². The summed E-state index contributed by atoms with van der Waals surface area (Å²) in [5.41, 5.74) is 0.270. The van der Waals surface area contributed by atoms with E-state index in [0.717, 1.165) is 23.8 Å². The van der Waals surface area contributed by atoms with Crippen molar-refractivity contribution in [2.24, 2.45) is 5.92 Å². The van der Waals surface area contributed by atoms with Crippen LogP contribution in [0.1, 0.15) is 29.5 Å². The van der Waals surface area contributed by atoms with Gasteiger partial charge in [0.1, 0.15) is 5.76 Å². The summed E-state index contributed by atoms with van der Waals surface area (Å²) < 4.78 is 30.4. The van der Waals surface area contributed by atoms with Gasteiger partial charge in [0.15, 0.2) is 0 Å². The molecule has 2 rings (SSSR count). The van der Waals surface area contributed by atoms with Gasteiger partial charge in [0, 0.05) is 26.2 Å². The number of piperidine rings is 1. The van der Waals surface area contributed by atoms with Crippen LogP contribution in [0.15, 0.2) is 15.6 Å². The molecule has 0 aromatic carbocycles. The molecule has 0 saturated carbocycles. The fourth-order valence-corrected chi connectivity index (χ4v) is 3.32. The summed E-state index contributed by atoms with van der Waals surface area (Å²) in [7, 11) is -0.839. The largest absolute Gasteiger partial charge is 0.448 e. The maximum atomic E-state index is 12.4. The Bertz CT molecular complexity index is 651. The van der Waals surface area contributed by atoms with Gasteiger partial charge < -0.3 is 15.1 Å². The predicted molar refractivity (Wildman–Crippen MR) is 82.2 cm³/mol. The molecule has 7 nitrogen and oxygen atoms in total. The highest BCUT2D eigenvalue weighted by Gasteiger charge is 2.28. The Labute approximate surface area is 131 Å². The van der Waals surface area contributed by atoms with Crippen molar-refractivity contribution in [3.63, 3.8) is 0 Å². The molecule has 0 radical (unpaired) electrons. The molecule has 1 aliphatic heterocycles. The molecule has 1 amide bonds. The molecule has 1 aromatic heterocycles. The van der Waals surface area contributed by atoms with Gasteiger partial charge in [0.05, 0.1) is 5.56 Å². The van der Waals surface area contributed by atoms with Crippen molar-refractivity contribution in [2.45, 2.75) is 31.4 Å². The average molecular weight is 329 g/mol. The van der Waals surface area contributed by atoms with Gasteiger partial charge >= 0.3 is 0 Å². The molecule has 2 heterocycles. The van der Waals surface area contributed by atoms with Crippen LogP contribution in [0, 0.1) is 12.8 Å². The van der Waals surface area contributed by atoms with E-state index in [1.807, 2.05) is 0 Å². The first-order chi connectivity index (χ1) is 10.2. The summed E-state index contributed by atoms with van der Waals surface area (Å²) in [5.74, 6) is 0.342. The van der Waals surface area contributed by atoms with Gasteiger partial charge in [-0.1, -0.05) is 6.92 Å². The number of hydrogen-bond donors (Lipinski definition) is 2. The lowest BCUT2D eigenvalue weighted by molar-refractivity contribution is 0.0912. The van der Waals surface area contributed by atoms with Gasteiger partial charge in [-0.3, -0.25) is 4.79 Å². The Kier molecular flexibility index (Phi) is 4.93. The highest BCUT2D eigenvalue weighted by molar-refractivity contribution is 7.88. The normalized spacial score (nSPS) is 22.8. The standard InChI is InChI=1S/C14H23N3O4S/c1-9-8-15-6-5-12(9)16-14(18)11-7-13(21-10(11)2)22(19,20)17(3)4/h7,9,12,15H,5-6,8H2,1-4H3,(H,16,18). The van der Waals surface area contributed by atoms with Gasteiger partial charge in [-0.25, -0.2) is 12.7 Å². The van der Waals surface area contributed by atoms with Crippen LogP contribution in [0.4, 0.5) is 0 Å². The zero-order chi connectivity index (χ0) is 16.5. The molecule has 8 heteroatoms. The van der Waals surface area contributed by atoms with Crippen LogP contribution in [0.3, 0.4) is 0 Å². The van der Waals surface area contributed by atoms with Crippen LogP contribution in [-0.2, 0) is 10.0 Å². The van der Waals surface area contributed by atoms with Crippen LogP contribution in [0.2, 0.25) is 0 Å². The molecule has 124 valence electrons. The van der Waals surface area contributed by atoms with Crippen molar-refractivity contribution in [3.05, 3.63) is 17.4 Å². The van der Waals surface area contributed by atoms with E-state index in [1.165, 1.54) is 20.2 Å². The molecule has 0 spiro atoms. The summed E-state index contributed by atoms with van der Waals surface area (Å²) in [6.07, 6.45) is 0.854. The summed E-state index contributed by atoms with van der Waals surface area (Å²) in [5, 5.41) is 6.03. The monoisotopic (exact) mass is 329 g/mol. The number of amides is 1. The third kappa shape index (κ3) is 3.34.